The molecule has 3 heterocycles. The van der Waals surface area contributed by atoms with E-state index in [0.29, 0.717) is 29.3 Å². The summed E-state index contributed by atoms with van der Waals surface area (Å²) in [6, 6.07) is 1.42. The van der Waals surface area contributed by atoms with E-state index in [1.54, 1.807) is 0 Å². The first-order valence-corrected chi connectivity index (χ1v) is 9.76. The predicted molar refractivity (Wildman–Crippen MR) is 95.9 cm³/mol. The number of hydrogen-bond donors (Lipinski definition) is 1. The first kappa shape index (κ1) is 17.5. The summed E-state index contributed by atoms with van der Waals surface area (Å²) in [5.41, 5.74) is 0.499. The Hall–Kier alpha value is -0.280. The van der Waals surface area contributed by atoms with E-state index in [9.17, 15) is 4.79 Å². The van der Waals surface area contributed by atoms with Gasteiger partial charge in [0.05, 0.1) is 0 Å². The van der Waals surface area contributed by atoms with Crippen LogP contribution in [-0.2, 0) is 4.79 Å². The van der Waals surface area contributed by atoms with Gasteiger partial charge in [-0.05, 0) is 62.7 Å². The molecule has 1 saturated carbocycles. The number of carbonyl (C=O) groups excluding carboxylic acids is 1. The van der Waals surface area contributed by atoms with Crippen molar-refractivity contribution in [2.75, 3.05) is 13.1 Å². The summed E-state index contributed by atoms with van der Waals surface area (Å²) in [7, 11) is 0. The number of rotatable bonds is 2. The van der Waals surface area contributed by atoms with E-state index in [1.807, 2.05) is 0 Å². The van der Waals surface area contributed by atoms with Gasteiger partial charge in [-0.1, -0.05) is 19.3 Å². The molecule has 2 atom stereocenters. The Balaban J connectivity index is 0.00000156. The Morgan fingerprint density at radius 2 is 1.65 bits per heavy atom. The molecule has 4 heteroatoms. The average Bonchev–Trinajstić information content (AvgIpc) is 2.87. The molecule has 0 radical (unpaired) electrons. The third-order valence-electron chi connectivity index (χ3n) is 6.96. The van der Waals surface area contributed by atoms with Gasteiger partial charge in [-0.25, -0.2) is 0 Å². The smallest absolute Gasteiger partial charge is 0.222 e. The van der Waals surface area contributed by atoms with Crippen LogP contribution in [0.15, 0.2) is 0 Å². The third-order valence-corrected chi connectivity index (χ3v) is 6.96. The summed E-state index contributed by atoms with van der Waals surface area (Å²) >= 11 is 0. The van der Waals surface area contributed by atoms with Crippen LogP contribution in [-0.4, -0.2) is 36.0 Å². The van der Waals surface area contributed by atoms with Gasteiger partial charge in [0.25, 0.3) is 0 Å². The quantitative estimate of drug-likeness (QED) is 0.826. The molecule has 132 valence electrons. The number of nitrogens with zero attached hydrogens (tertiary/aromatic N) is 1. The van der Waals surface area contributed by atoms with Crippen molar-refractivity contribution in [3.8, 4) is 0 Å². The van der Waals surface area contributed by atoms with E-state index in [0.717, 1.165) is 19.5 Å². The fraction of sp³-hybridized carbons (Fsp3) is 0.947. The maximum absolute atomic E-state index is 12.8. The van der Waals surface area contributed by atoms with Gasteiger partial charge in [-0.15, -0.1) is 12.4 Å². The van der Waals surface area contributed by atoms with Crippen LogP contribution >= 0.6 is 12.4 Å². The van der Waals surface area contributed by atoms with Crippen molar-refractivity contribution in [2.45, 2.75) is 89.1 Å². The van der Waals surface area contributed by atoms with Crippen LogP contribution in [0.1, 0.15) is 77.0 Å². The molecule has 4 fully saturated rings. The average molecular weight is 341 g/mol. The standard InChI is InChI=1S/C19H32N2O.ClH/c22-18(13-15-11-16-5-6-17(12-15)20-16)21-10-4-9-19(14-21)7-2-1-3-8-19;/h15-17,20H,1-14H2;1H. The van der Waals surface area contributed by atoms with Gasteiger partial charge in [-0.2, -0.15) is 0 Å². The number of halogens is 1. The van der Waals surface area contributed by atoms with Crippen molar-refractivity contribution in [3.05, 3.63) is 0 Å². The zero-order valence-electron chi connectivity index (χ0n) is 14.4. The lowest BCUT2D eigenvalue weighted by Crippen LogP contribution is -2.48. The molecule has 3 nitrogen and oxygen atoms in total. The lowest BCUT2D eigenvalue weighted by Gasteiger charge is -2.45. The van der Waals surface area contributed by atoms with Crippen molar-refractivity contribution in [1.29, 1.82) is 0 Å². The van der Waals surface area contributed by atoms with E-state index >= 15 is 0 Å². The van der Waals surface area contributed by atoms with E-state index in [-0.39, 0.29) is 12.4 Å². The Morgan fingerprint density at radius 3 is 2.35 bits per heavy atom. The van der Waals surface area contributed by atoms with Crippen LogP contribution in [0.25, 0.3) is 0 Å². The topological polar surface area (TPSA) is 32.3 Å². The molecule has 2 bridgehead atoms. The van der Waals surface area contributed by atoms with Crippen molar-refractivity contribution in [3.63, 3.8) is 0 Å². The third kappa shape index (κ3) is 3.87. The number of hydrogen-bond acceptors (Lipinski definition) is 2. The number of carbonyl (C=O) groups is 1. The minimum absolute atomic E-state index is 0. The van der Waals surface area contributed by atoms with Crippen LogP contribution in [0.5, 0.6) is 0 Å². The van der Waals surface area contributed by atoms with Gasteiger partial charge >= 0.3 is 0 Å². The lowest BCUT2D eigenvalue weighted by molar-refractivity contribution is -0.136. The second-order valence-electron chi connectivity index (χ2n) is 8.66. The highest BCUT2D eigenvalue weighted by Gasteiger charge is 2.39. The van der Waals surface area contributed by atoms with E-state index in [2.05, 4.69) is 10.2 Å². The fourth-order valence-corrected chi connectivity index (χ4v) is 5.85. The molecule has 1 amide bonds. The van der Waals surface area contributed by atoms with Gasteiger partial charge < -0.3 is 10.2 Å². The molecular weight excluding hydrogens is 308 g/mol. The molecule has 1 N–H and O–H groups in total. The number of likely N-dealkylation sites (tertiary alicyclic amines) is 1. The molecule has 3 aliphatic heterocycles. The molecule has 3 saturated heterocycles. The fourth-order valence-electron chi connectivity index (χ4n) is 5.85. The number of nitrogens with one attached hydrogen (secondary N) is 1. The zero-order valence-corrected chi connectivity index (χ0v) is 15.2. The van der Waals surface area contributed by atoms with E-state index in [1.165, 1.54) is 70.6 Å². The molecular formula is C19H33ClN2O. The molecule has 4 rings (SSSR count). The van der Waals surface area contributed by atoms with Gasteiger partial charge in [0.15, 0.2) is 0 Å². The predicted octanol–water partition coefficient (Wildman–Crippen LogP) is 3.90. The zero-order chi connectivity index (χ0) is 15.0. The van der Waals surface area contributed by atoms with Crippen molar-refractivity contribution >= 4 is 18.3 Å². The molecule has 1 aliphatic carbocycles. The van der Waals surface area contributed by atoms with Crippen LogP contribution in [0.2, 0.25) is 0 Å². The van der Waals surface area contributed by atoms with Gasteiger partial charge in [-0.3, -0.25) is 4.79 Å². The van der Waals surface area contributed by atoms with Crippen LogP contribution in [0, 0.1) is 11.3 Å². The SMILES string of the molecule is Cl.O=C(CC1CC2CCC(C1)N2)N1CCCC2(CCCCC2)C1. The van der Waals surface area contributed by atoms with Gasteiger partial charge in [0.2, 0.25) is 5.91 Å². The number of amides is 1. The molecule has 1 spiro atoms. The molecule has 4 aliphatic rings. The summed E-state index contributed by atoms with van der Waals surface area (Å²) < 4.78 is 0. The van der Waals surface area contributed by atoms with Crippen LogP contribution in [0.3, 0.4) is 0 Å². The normalized spacial score (nSPS) is 35.8. The summed E-state index contributed by atoms with van der Waals surface area (Å²) in [6.45, 7) is 2.10. The van der Waals surface area contributed by atoms with E-state index in [4.69, 9.17) is 0 Å². The summed E-state index contributed by atoms with van der Waals surface area (Å²) in [5.74, 6) is 1.12. The Labute approximate surface area is 147 Å². The molecule has 23 heavy (non-hydrogen) atoms. The summed E-state index contributed by atoms with van der Waals surface area (Å²) in [6.07, 6.45) is 15.5. The van der Waals surface area contributed by atoms with Crippen LogP contribution in [0.4, 0.5) is 0 Å². The maximum atomic E-state index is 12.8. The Bertz CT molecular complexity index is 404. The highest BCUT2D eigenvalue weighted by molar-refractivity contribution is 5.85. The Morgan fingerprint density at radius 1 is 1.00 bits per heavy atom. The van der Waals surface area contributed by atoms with E-state index < -0.39 is 0 Å². The number of piperidine rings is 2. The van der Waals surface area contributed by atoms with Crippen LogP contribution < -0.4 is 5.32 Å². The summed E-state index contributed by atoms with van der Waals surface area (Å²) in [5, 5.41) is 3.69. The second kappa shape index (κ2) is 7.31. The first-order chi connectivity index (χ1) is 10.7. The molecule has 0 aromatic heterocycles. The van der Waals surface area contributed by atoms with Crippen molar-refractivity contribution in [1.82, 2.24) is 10.2 Å². The summed E-state index contributed by atoms with van der Waals surface area (Å²) in [4.78, 5) is 15.1. The van der Waals surface area contributed by atoms with Gasteiger partial charge in [0, 0.05) is 31.6 Å². The molecule has 0 aromatic rings. The van der Waals surface area contributed by atoms with Crippen molar-refractivity contribution < 1.29 is 4.79 Å². The molecule has 2 unspecified atom stereocenters. The number of fused-ring (bicyclic) bond motifs is 2. The molecule has 0 aromatic carbocycles. The largest absolute Gasteiger partial charge is 0.342 e. The minimum Gasteiger partial charge on any atom is -0.342 e. The first-order valence-electron chi connectivity index (χ1n) is 9.76. The minimum atomic E-state index is 0. The lowest BCUT2D eigenvalue weighted by atomic mass is 9.69. The monoisotopic (exact) mass is 340 g/mol. The van der Waals surface area contributed by atoms with Gasteiger partial charge in [0.1, 0.15) is 0 Å². The highest BCUT2D eigenvalue weighted by atomic mass is 35.5. The highest BCUT2D eigenvalue weighted by Crippen LogP contribution is 2.43. The maximum Gasteiger partial charge on any atom is 0.222 e. The van der Waals surface area contributed by atoms with Crippen molar-refractivity contribution in [2.24, 2.45) is 11.3 Å². The Kier molecular flexibility index (Phi) is 5.57. The second-order valence-corrected chi connectivity index (χ2v) is 8.66.